The Kier molecular flexibility index (Phi) is 2.15. The predicted octanol–water partition coefficient (Wildman–Crippen LogP) is 0.176. The molecule has 0 unspecified atom stereocenters. The topological polar surface area (TPSA) is 66.5 Å². The molecule has 0 bridgehead atoms. The second-order valence-corrected chi connectivity index (χ2v) is 4.92. The van der Waals surface area contributed by atoms with Gasteiger partial charge in [0.05, 0.1) is 5.69 Å². The number of para-hydroxylation sites is 1. The molecule has 1 amide bonds. The van der Waals surface area contributed by atoms with Crippen molar-refractivity contribution in [2.24, 2.45) is 0 Å². The first-order chi connectivity index (χ1) is 7.00. The molecule has 6 heteroatoms. The second kappa shape index (κ2) is 3.23. The van der Waals surface area contributed by atoms with E-state index in [1.165, 1.54) is 0 Å². The van der Waals surface area contributed by atoms with Crippen LogP contribution in [0, 0.1) is 6.92 Å². The van der Waals surface area contributed by atoms with E-state index in [2.05, 4.69) is 0 Å². The molecule has 1 aliphatic heterocycles. The monoisotopic (exact) mass is 226 g/mol. The molecule has 1 aromatic carbocycles. The van der Waals surface area contributed by atoms with Crippen LogP contribution in [-0.2, 0) is 15.0 Å². The van der Waals surface area contributed by atoms with Crippen molar-refractivity contribution in [3.05, 3.63) is 29.8 Å². The van der Waals surface area contributed by atoms with E-state index < -0.39 is 16.1 Å². The van der Waals surface area contributed by atoms with Crippen LogP contribution >= 0.6 is 0 Å². The van der Waals surface area contributed by atoms with E-state index in [1.54, 1.807) is 25.1 Å². The Bertz CT molecular complexity index is 510. The number of anilines is 1. The number of carbonyl (C=O) groups is 1. The molecule has 1 saturated heterocycles. The number of rotatable bonds is 1. The van der Waals surface area contributed by atoms with Crippen molar-refractivity contribution in [2.75, 3.05) is 10.8 Å². The Labute approximate surface area is 87.9 Å². The van der Waals surface area contributed by atoms with E-state index in [4.69, 9.17) is 0 Å². The van der Waals surface area contributed by atoms with E-state index in [1.807, 2.05) is 10.8 Å². The first kappa shape index (κ1) is 9.97. The second-order valence-electron chi connectivity index (χ2n) is 3.32. The van der Waals surface area contributed by atoms with E-state index in [9.17, 15) is 13.2 Å². The lowest BCUT2D eigenvalue weighted by molar-refractivity contribution is -0.117. The van der Waals surface area contributed by atoms with Crippen molar-refractivity contribution >= 4 is 21.8 Å². The van der Waals surface area contributed by atoms with Crippen molar-refractivity contribution in [3.63, 3.8) is 0 Å². The zero-order valence-electron chi connectivity index (χ0n) is 8.10. The first-order valence-corrected chi connectivity index (χ1v) is 5.83. The molecule has 1 aromatic rings. The highest BCUT2D eigenvalue weighted by Crippen LogP contribution is 2.23. The summed E-state index contributed by atoms with van der Waals surface area (Å²) in [6, 6.07) is 7.03. The minimum Gasteiger partial charge on any atom is -0.272 e. The van der Waals surface area contributed by atoms with Gasteiger partial charge in [-0.2, -0.15) is 8.42 Å². The molecule has 1 fully saturated rings. The van der Waals surface area contributed by atoms with Gasteiger partial charge in [0.2, 0.25) is 0 Å². The molecule has 2 rings (SSSR count). The van der Waals surface area contributed by atoms with Crippen LogP contribution in [-0.4, -0.2) is 20.9 Å². The summed E-state index contributed by atoms with van der Waals surface area (Å²) in [6.45, 7) is 1.65. The van der Waals surface area contributed by atoms with Gasteiger partial charge in [-0.1, -0.05) is 18.2 Å². The number of nitrogens with one attached hydrogen (secondary N) is 1. The lowest BCUT2D eigenvalue weighted by Crippen LogP contribution is -2.29. The van der Waals surface area contributed by atoms with Crippen LogP contribution in [0.5, 0.6) is 0 Å². The standard InChI is InChI=1S/C9H10N2O3S/c1-7-4-2-3-5-8(7)11-6-9(12)10-15(11,13)14/h2-5H,6H2,1H3,(H,10,12). The van der Waals surface area contributed by atoms with Crippen LogP contribution in [0.2, 0.25) is 0 Å². The van der Waals surface area contributed by atoms with Crippen LogP contribution in [0.1, 0.15) is 5.56 Å². The SMILES string of the molecule is Cc1ccccc1N1CC(=O)NS1(=O)=O. The first-order valence-electron chi connectivity index (χ1n) is 4.39. The van der Waals surface area contributed by atoms with E-state index in [-0.39, 0.29) is 6.54 Å². The summed E-state index contributed by atoms with van der Waals surface area (Å²) in [4.78, 5) is 11.0. The summed E-state index contributed by atoms with van der Waals surface area (Å²) in [6.07, 6.45) is 0. The maximum Gasteiger partial charge on any atom is 0.326 e. The van der Waals surface area contributed by atoms with Crippen LogP contribution in [0.4, 0.5) is 5.69 Å². The summed E-state index contributed by atoms with van der Waals surface area (Å²) < 4.78 is 26.0. The van der Waals surface area contributed by atoms with E-state index in [0.717, 1.165) is 9.87 Å². The minimum absolute atomic E-state index is 0.146. The molecule has 1 N–H and O–H groups in total. The third-order valence-corrected chi connectivity index (χ3v) is 3.60. The average molecular weight is 226 g/mol. The maximum atomic E-state index is 11.5. The number of aryl methyl sites for hydroxylation is 1. The number of hydrogen-bond donors (Lipinski definition) is 1. The van der Waals surface area contributed by atoms with Crippen molar-refractivity contribution in [2.45, 2.75) is 6.92 Å². The molecule has 0 radical (unpaired) electrons. The normalized spacial score (nSPS) is 19.0. The summed E-state index contributed by atoms with van der Waals surface area (Å²) >= 11 is 0. The Morgan fingerprint density at radius 3 is 2.53 bits per heavy atom. The Morgan fingerprint density at radius 2 is 2.00 bits per heavy atom. The molecule has 0 aromatic heterocycles. The smallest absolute Gasteiger partial charge is 0.272 e. The molecular formula is C9H10N2O3S. The minimum atomic E-state index is -3.68. The number of nitrogens with zero attached hydrogens (tertiary/aromatic N) is 1. The van der Waals surface area contributed by atoms with Crippen molar-refractivity contribution < 1.29 is 13.2 Å². The number of carbonyl (C=O) groups excluding carboxylic acids is 1. The van der Waals surface area contributed by atoms with Gasteiger partial charge in [-0.25, -0.2) is 9.03 Å². The van der Waals surface area contributed by atoms with Gasteiger partial charge in [-0.05, 0) is 18.6 Å². The summed E-state index contributed by atoms with van der Waals surface area (Å²) in [5.41, 5.74) is 1.36. The van der Waals surface area contributed by atoms with E-state index in [0.29, 0.717) is 5.69 Å². The van der Waals surface area contributed by atoms with Gasteiger partial charge in [0.15, 0.2) is 0 Å². The van der Waals surface area contributed by atoms with Crippen molar-refractivity contribution in [1.29, 1.82) is 0 Å². The van der Waals surface area contributed by atoms with Gasteiger partial charge >= 0.3 is 10.2 Å². The fourth-order valence-electron chi connectivity index (χ4n) is 1.50. The molecule has 0 saturated carbocycles. The highest BCUT2D eigenvalue weighted by atomic mass is 32.2. The third-order valence-electron chi connectivity index (χ3n) is 2.20. The molecule has 1 aliphatic rings. The van der Waals surface area contributed by atoms with Gasteiger partial charge in [-0.3, -0.25) is 4.79 Å². The summed E-state index contributed by atoms with van der Waals surface area (Å²) in [5.74, 6) is -0.502. The van der Waals surface area contributed by atoms with Crippen molar-refractivity contribution in [3.8, 4) is 0 Å². The Hall–Kier alpha value is -1.56. The molecule has 0 aliphatic carbocycles. The lowest BCUT2D eigenvalue weighted by Gasteiger charge is -2.16. The van der Waals surface area contributed by atoms with Crippen LogP contribution < -0.4 is 9.03 Å². The molecule has 5 nitrogen and oxygen atoms in total. The quantitative estimate of drug-likeness (QED) is 0.742. The van der Waals surface area contributed by atoms with Gasteiger partial charge in [0.1, 0.15) is 6.54 Å². The maximum absolute atomic E-state index is 11.5. The number of hydrogen-bond acceptors (Lipinski definition) is 3. The zero-order valence-corrected chi connectivity index (χ0v) is 8.91. The zero-order chi connectivity index (χ0) is 11.1. The van der Waals surface area contributed by atoms with Gasteiger partial charge in [0.25, 0.3) is 5.91 Å². The fourth-order valence-corrected chi connectivity index (χ4v) is 2.72. The van der Waals surface area contributed by atoms with Crippen molar-refractivity contribution in [1.82, 2.24) is 4.72 Å². The molecule has 1 heterocycles. The molecule has 0 atom stereocenters. The highest BCUT2D eigenvalue weighted by Gasteiger charge is 2.34. The van der Waals surface area contributed by atoms with Crippen LogP contribution in [0.25, 0.3) is 0 Å². The fraction of sp³-hybridized carbons (Fsp3) is 0.222. The number of amides is 1. The molecule has 80 valence electrons. The highest BCUT2D eigenvalue weighted by molar-refractivity contribution is 7.92. The van der Waals surface area contributed by atoms with Crippen LogP contribution in [0.3, 0.4) is 0 Å². The van der Waals surface area contributed by atoms with E-state index >= 15 is 0 Å². The molecular weight excluding hydrogens is 216 g/mol. The largest absolute Gasteiger partial charge is 0.326 e. The van der Waals surface area contributed by atoms with Gasteiger partial charge in [-0.15, -0.1) is 0 Å². The van der Waals surface area contributed by atoms with Gasteiger partial charge < -0.3 is 0 Å². The summed E-state index contributed by atoms with van der Waals surface area (Å²) in [7, 11) is -3.68. The Balaban J connectivity index is 2.49. The third kappa shape index (κ3) is 1.68. The summed E-state index contributed by atoms with van der Waals surface area (Å²) in [5, 5.41) is 0. The molecule has 15 heavy (non-hydrogen) atoms. The Morgan fingerprint density at radius 1 is 1.33 bits per heavy atom. The van der Waals surface area contributed by atoms with Gasteiger partial charge in [0, 0.05) is 0 Å². The molecule has 0 spiro atoms. The lowest BCUT2D eigenvalue weighted by atomic mass is 10.2. The predicted molar refractivity (Wildman–Crippen MR) is 55.6 cm³/mol. The average Bonchev–Trinajstić information content (AvgIpc) is 2.40. The number of benzene rings is 1. The van der Waals surface area contributed by atoms with Crippen LogP contribution in [0.15, 0.2) is 24.3 Å².